The highest BCUT2D eigenvalue weighted by atomic mass is 35.5. The number of hydrogen-bond donors (Lipinski definition) is 1. The van der Waals surface area contributed by atoms with Gasteiger partial charge in [0, 0.05) is 28.8 Å². The molecule has 3 aromatic rings. The summed E-state index contributed by atoms with van der Waals surface area (Å²) in [6.07, 6.45) is 1.51. The largest absolute Gasteiger partial charge is 0.319 e. The Kier molecular flexibility index (Phi) is 8.30. The zero-order valence-corrected chi connectivity index (χ0v) is 20.7. The van der Waals surface area contributed by atoms with Crippen LogP contribution >= 0.6 is 46.4 Å². The van der Waals surface area contributed by atoms with E-state index in [9.17, 15) is 9.59 Å². The van der Waals surface area contributed by atoms with Gasteiger partial charge in [0.2, 0.25) is 0 Å². The Morgan fingerprint density at radius 2 is 1.81 bits per heavy atom. The van der Waals surface area contributed by atoms with Crippen molar-refractivity contribution in [2.45, 2.75) is 13.8 Å². The first kappa shape index (κ1) is 24.7. The molecule has 0 bridgehead atoms. The second kappa shape index (κ2) is 10.8. The van der Waals surface area contributed by atoms with Crippen molar-refractivity contribution in [1.82, 2.24) is 14.8 Å². The fourth-order valence-corrected chi connectivity index (χ4v) is 4.68. The van der Waals surface area contributed by atoms with E-state index < -0.39 is 22.5 Å². The molecule has 0 aliphatic heterocycles. The van der Waals surface area contributed by atoms with Crippen molar-refractivity contribution in [3.63, 3.8) is 0 Å². The number of anilines is 1. The highest BCUT2D eigenvalue weighted by Gasteiger charge is 2.23. The second-order valence-corrected chi connectivity index (χ2v) is 10.2. The van der Waals surface area contributed by atoms with E-state index in [0.29, 0.717) is 0 Å². The standard InChI is InChI=1S/C20H17Cl4N5O2S/c1-3-32(4-2)28-19(30)12-8-11(21)9-14(23)17(12)26-20(31)15-10-16(24)27-29(15)18-13(22)6-5-7-25-18/h5-10H,3-4H2,1-2H3,(H,26,31). The molecular formula is C20H17Cl4N5O2S. The zero-order chi connectivity index (χ0) is 23.4. The molecule has 0 atom stereocenters. The minimum atomic E-state index is -0.630. The number of rotatable bonds is 6. The molecule has 0 aliphatic rings. The summed E-state index contributed by atoms with van der Waals surface area (Å²) >= 11 is 24.7. The smallest absolute Gasteiger partial charge is 0.285 e. The fourth-order valence-electron chi connectivity index (χ4n) is 2.76. The highest BCUT2D eigenvalue weighted by molar-refractivity contribution is 7.87. The van der Waals surface area contributed by atoms with Gasteiger partial charge in [0.05, 0.1) is 21.3 Å². The van der Waals surface area contributed by atoms with Crippen LogP contribution in [-0.2, 0) is 10.7 Å². The van der Waals surface area contributed by atoms with Crippen LogP contribution in [0.3, 0.4) is 0 Å². The van der Waals surface area contributed by atoms with Gasteiger partial charge in [-0.3, -0.25) is 9.59 Å². The summed E-state index contributed by atoms with van der Waals surface area (Å²) in [6, 6.07) is 7.44. The normalized spacial score (nSPS) is 11.0. The first-order valence-electron chi connectivity index (χ1n) is 9.35. The summed E-state index contributed by atoms with van der Waals surface area (Å²) in [5, 5.41) is 7.41. The number of hydrogen-bond acceptors (Lipinski definition) is 4. The average molecular weight is 533 g/mol. The SMILES string of the molecule is CCS(CC)=NC(=O)c1cc(Cl)cc(Cl)c1NC(=O)c1cc(Cl)nn1-c1ncccc1Cl. The molecule has 0 fully saturated rings. The molecule has 0 saturated carbocycles. The van der Waals surface area contributed by atoms with E-state index in [2.05, 4.69) is 19.8 Å². The van der Waals surface area contributed by atoms with E-state index in [1.165, 1.54) is 29.1 Å². The molecule has 0 unspecified atom stereocenters. The lowest BCUT2D eigenvalue weighted by Gasteiger charge is -2.13. The van der Waals surface area contributed by atoms with Gasteiger partial charge < -0.3 is 5.32 Å². The lowest BCUT2D eigenvalue weighted by Crippen LogP contribution is -2.19. The summed E-state index contributed by atoms with van der Waals surface area (Å²) in [5.74, 6) is 0.515. The number of benzene rings is 1. The average Bonchev–Trinajstić information content (AvgIpc) is 3.15. The molecular weight excluding hydrogens is 516 g/mol. The Morgan fingerprint density at radius 3 is 2.47 bits per heavy atom. The van der Waals surface area contributed by atoms with Gasteiger partial charge in [-0.15, -0.1) is 0 Å². The van der Waals surface area contributed by atoms with Crippen molar-refractivity contribution in [1.29, 1.82) is 0 Å². The molecule has 7 nitrogen and oxygen atoms in total. The van der Waals surface area contributed by atoms with E-state index in [1.807, 2.05) is 13.8 Å². The van der Waals surface area contributed by atoms with Gasteiger partial charge in [0.25, 0.3) is 11.8 Å². The van der Waals surface area contributed by atoms with Crippen molar-refractivity contribution in [3.05, 3.63) is 68.0 Å². The fraction of sp³-hybridized carbons (Fsp3) is 0.200. The third kappa shape index (κ3) is 5.50. The van der Waals surface area contributed by atoms with E-state index >= 15 is 0 Å². The van der Waals surface area contributed by atoms with Crippen LogP contribution in [0.5, 0.6) is 0 Å². The molecule has 2 heterocycles. The third-order valence-corrected chi connectivity index (χ3v) is 7.01. The number of amides is 2. The summed E-state index contributed by atoms with van der Waals surface area (Å²) in [6.45, 7) is 3.90. The van der Waals surface area contributed by atoms with Crippen molar-refractivity contribution < 1.29 is 9.59 Å². The molecule has 2 amide bonds. The topological polar surface area (TPSA) is 89.2 Å². The van der Waals surface area contributed by atoms with Crippen molar-refractivity contribution >= 4 is 74.6 Å². The minimum Gasteiger partial charge on any atom is -0.319 e. The molecule has 1 aromatic carbocycles. The Hall–Kier alpha value is -1.97. The Labute approximate surface area is 207 Å². The molecule has 0 saturated heterocycles. The quantitative estimate of drug-likeness (QED) is 0.414. The van der Waals surface area contributed by atoms with E-state index in [0.717, 1.165) is 11.5 Å². The van der Waals surface area contributed by atoms with Gasteiger partial charge in [-0.2, -0.15) is 9.46 Å². The maximum atomic E-state index is 13.1. The van der Waals surface area contributed by atoms with Crippen LogP contribution in [-0.4, -0.2) is 38.1 Å². The van der Waals surface area contributed by atoms with E-state index in [4.69, 9.17) is 46.4 Å². The Bertz CT molecular complexity index is 1220. The first-order chi connectivity index (χ1) is 15.2. The molecule has 3 rings (SSSR count). The van der Waals surface area contributed by atoms with Gasteiger partial charge >= 0.3 is 0 Å². The lowest BCUT2D eigenvalue weighted by atomic mass is 10.1. The predicted octanol–water partition coefficient (Wildman–Crippen LogP) is 6.12. The van der Waals surface area contributed by atoms with Crippen molar-refractivity contribution in [3.8, 4) is 5.82 Å². The number of aromatic nitrogens is 3. The first-order valence-corrected chi connectivity index (χ1v) is 12.4. The molecule has 0 spiro atoms. The monoisotopic (exact) mass is 531 g/mol. The van der Waals surface area contributed by atoms with Gasteiger partial charge in [0.1, 0.15) is 5.69 Å². The van der Waals surface area contributed by atoms with Crippen LogP contribution in [0.1, 0.15) is 34.7 Å². The van der Waals surface area contributed by atoms with Crippen LogP contribution in [0.4, 0.5) is 5.69 Å². The predicted molar refractivity (Wildman–Crippen MR) is 131 cm³/mol. The van der Waals surface area contributed by atoms with Gasteiger partial charge in [-0.25, -0.2) is 9.67 Å². The molecule has 12 heteroatoms. The molecule has 0 radical (unpaired) electrons. The summed E-state index contributed by atoms with van der Waals surface area (Å²) in [7, 11) is -0.445. The third-order valence-electron chi connectivity index (χ3n) is 4.25. The number of carbonyl (C=O) groups is 2. The molecule has 1 N–H and O–H groups in total. The van der Waals surface area contributed by atoms with Crippen LogP contribution in [0.2, 0.25) is 20.2 Å². The van der Waals surface area contributed by atoms with Crippen molar-refractivity contribution in [2.75, 3.05) is 16.8 Å². The zero-order valence-electron chi connectivity index (χ0n) is 16.9. The maximum Gasteiger partial charge on any atom is 0.285 e. The minimum absolute atomic E-state index is 0.0406. The number of halogens is 4. The van der Waals surface area contributed by atoms with Crippen LogP contribution < -0.4 is 5.32 Å². The Balaban J connectivity index is 2.04. The number of carbonyl (C=O) groups excluding carboxylic acids is 2. The van der Waals surface area contributed by atoms with Crippen molar-refractivity contribution in [2.24, 2.45) is 4.36 Å². The highest BCUT2D eigenvalue weighted by Crippen LogP contribution is 2.32. The van der Waals surface area contributed by atoms with Crippen LogP contribution in [0.15, 0.2) is 40.9 Å². The molecule has 32 heavy (non-hydrogen) atoms. The van der Waals surface area contributed by atoms with E-state index in [1.54, 1.807) is 12.1 Å². The number of nitrogens with one attached hydrogen (secondary N) is 1. The summed E-state index contributed by atoms with van der Waals surface area (Å²) < 4.78 is 5.45. The van der Waals surface area contributed by atoms with Crippen LogP contribution in [0, 0.1) is 0 Å². The number of nitrogens with zero attached hydrogens (tertiary/aromatic N) is 4. The lowest BCUT2D eigenvalue weighted by molar-refractivity contribution is 0.101. The molecule has 0 aliphatic carbocycles. The number of pyridine rings is 1. The maximum absolute atomic E-state index is 13.1. The Morgan fingerprint density at radius 1 is 1.09 bits per heavy atom. The van der Waals surface area contributed by atoms with Crippen LogP contribution in [0.25, 0.3) is 5.82 Å². The summed E-state index contributed by atoms with van der Waals surface area (Å²) in [4.78, 5) is 30.2. The van der Waals surface area contributed by atoms with Gasteiger partial charge in [-0.05, 0) is 24.3 Å². The van der Waals surface area contributed by atoms with E-state index in [-0.39, 0.29) is 43.0 Å². The molecule has 2 aromatic heterocycles. The molecule has 168 valence electrons. The second-order valence-electron chi connectivity index (χ2n) is 6.27. The van der Waals surface area contributed by atoms with Gasteiger partial charge in [-0.1, -0.05) is 70.9 Å². The van der Waals surface area contributed by atoms with Gasteiger partial charge in [0.15, 0.2) is 11.0 Å². The summed E-state index contributed by atoms with van der Waals surface area (Å²) in [5.41, 5.74) is 0.212.